The third-order valence-electron chi connectivity index (χ3n) is 1.92. The lowest BCUT2D eigenvalue weighted by molar-refractivity contribution is 0.0794. The van der Waals surface area contributed by atoms with E-state index in [-0.39, 0.29) is 5.91 Å². The normalized spacial score (nSPS) is 10.5. The molecule has 0 atom stereocenters. The Bertz CT molecular complexity index is 300. The van der Waals surface area contributed by atoms with Crippen LogP contribution in [0.4, 0.5) is 0 Å². The Morgan fingerprint density at radius 2 is 2.08 bits per heavy atom. The molecule has 0 aliphatic heterocycles. The van der Waals surface area contributed by atoms with Gasteiger partial charge in [-0.2, -0.15) is 0 Å². The van der Waals surface area contributed by atoms with Crippen LogP contribution < -0.4 is 0 Å². The molecule has 0 aliphatic carbocycles. The molecule has 1 amide bonds. The molecule has 0 aromatic carbocycles. The summed E-state index contributed by atoms with van der Waals surface area (Å²) in [6.07, 6.45) is 1.56. The van der Waals surface area contributed by atoms with Gasteiger partial charge < -0.3 is 9.32 Å². The molecule has 0 unspecified atom stereocenters. The van der Waals surface area contributed by atoms with Crippen molar-refractivity contribution in [3.05, 3.63) is 23.7 Å². The van der Waals surface area contributed by atoms with Crippen LogP contribution in [-0.4, -0.2) is 24.9 Å². The number of carbonyl (C=O) groups excluding carboxylic acids is 1. The molecule has 0 aliphatic rings. The first-order chi connectivity index (χ1) is 6.04. The molecule has 0 bridgehead atoms. The van der Waals surface area contributed by atoms with Crippen molar-refractivity contribution in [2.75, 3.05) is 14.1 Å². The van der Waals surface area contributed by atoms with Crippen molar-refractivity contribution in [2.45, 2.75) is 19.8 Å². The first-order valence-electron chi connectivity index (χ1n) is 4.33. The monoisotopic (exact) mass is 181 g/mol. The summed E-state index contributed by atoms with van der Waals surface area (Å²) in [5, 5.41) is 0. The highest BCUT2D eigenvalue weighted by Crippen LogP contribution is 2.21. The van der Waals surface area contributed by atoms with E-state index in [2.05, 4.69) is 0 Å². The molecule has 0 saturated carbocycles. The molecule has 1 aromatic heterocycles. The molecular formula is C10H15NO2. The van der Waals surface area contributed by atoms with E-state index >= 15 is 0 Å². The highest BCUT2D eigenvalue weighted by molar-refractivity contribution is 5.92. The lowest BCUT2D eigenvalue weighted by Gasteiger charge is -2.10. The van der Waals surface area contributed by atoms with Gasteiger partial charge in [0, 0.05) is 19.7 Å². The van der Waals surface area contributed by atoms with Gasteiger partial charge in [-0.3, -0.25) is 4.79 Å². The summed E-state index contributed by atoms with van der Waals surface area (Å²) in [7, 11) is 3.43. The minimum Gasteiger partial charge on any atom is -0.459 e. The molecule has 3 nitrogen and oxygen atoms in total. The fourth-order valence-electron chi connectivity index (χ4n) is 1.15. The van der Waals surface area contributed by atoms with Crippen LogP contribution >= 0.6 is 0 Å². The molecule has 72 valence electrons. The molecule has 0 fully saturated rings. The molecule has 3 heteroatoms. The van der Waals surface area contributed by atoms with E-state index in [1.165, 1.54) is 4.90 Å². The molecule has 0 radical (unpaired) electrons. The van der Waals surface area contributed by atoms with E-state index in [1.54, 1.807) is 20.4 Å². The van der Waals surface area contributed by atoms with Crippen LogP contribution in [0.15, 0.2) is 16.7 Å². The van der Waals surface area contributed by atoms with Crippen molar-refractivity contribution in [2.24, 2.45) is 0 Å². The molecule has 0 spiro atoms. The van der Waals surface area contributed by atoms with Gasteiger partial charge >= 0.3 is 0 Å². The number of carbonyl (C=O) groups is 1. The van der Waals surface area contributed by atoms with E-state index in [0.29, 0.717) is 11.7 Å². The summed E-state index contributed by atoms with van der Waals surface area (Å²) < 4.78 is 5.16. The van der Waals surface area contributed by atoms with E-state index in [0.717, 1.165) is 5.56 Å². The first-order valence-corrected chi connectivity index (χ1v) is 4.33. The zero-order valence-electron chi connectivity index (χ0n) is 8.50. The molecule has 1 rings (SSSR count). The molecular weight excluding hydrogens is 166 g/mol. The van der Waals surface area contributed by atoms with Crippen LogP contribution in [0.5, 0.6) is 0 Å². The van der Waals surface area contributed by atoms with Crippen molar-refractivity contribution in [1.82, 2.24) is 4.90 Å². The van der Waals surface area contributed by atoms with Gasteiger partial charge in [-0.05, 0) is 12.0 Å². The zero-order chi connectivity index (χ0) is 10.0. The smallest absolute Gasteiger partial charge is 0.289 e. The quantitative estimate of drug-likeness (QED) is 0.700. The van der Waals surface area contributed by atoms with Gasteiger partial charge in [0.25, 0.3) is 5.91 Å². The average Bonchev–Trinajstić information content (AvgIpc) is 2.50. The van der Waals surface area contributed by atoms with E-state index in [9.17, 15) is 4.79 Å². The standard InChI is InChI=1S/C10H15NO2/c1-7(2)8-5-6-13-9(8)10(12)11(3)4/h5-7H,1-4H3. The highest BCUT2D eigenvalue weighted by atomic mass is 16.3. The van der Waals surface area contributed by atoms with Gasteiger partial charge in [-0.1, -0.05) is 13.8 Å². The number of hydrogen-bond donors (Lipinski definition) is 0. The second-order valence-corrected chi connectivity index (χ2v) is 3.56. The first kappa shape index (κ1) is 9.84. The molecule has 1 aromatic rings. The van der Waals surface area contributed by atoms with E-state index in [1.807, 2.05) is 19.9 Å². The summed E-state index contributed by atoms with van der Waals surface area (Å²) in [5.41, 5.74) is 0.971. The maximum atomic E-state index is 11.6. The van der Waals surface area contributed by atoms with Crippen molar-refractivity contribution >= 4 is 5.91 Å². The Kier molecular flexibility index (Phi) is 2.76. The minimum atomic E-state index is -0.0753. The number of nitrogens with zero attached hydrogens (tertiary/aromatic N) is 1. The Morgan fingerprint density at radius 3 is 2.54 bits per heavy atom. The predicted molar refractivity (Wildman–Crippen MR) is 50.8 cm³/mol. The van der Waals surface area contributed by atoms with Gasteiger partial charge in [0.05, 0.1) is 6.26 Å². The highest BCUT2D eigenvalue weighted by Gasteiger charge is 2.18. The minimum absolute atomic E-state index is 0.0753. The largest absolute Gasteiger partial charge is 0.459 e. The number of amides is 1. The average molecular weight is 181 g/mol. The molecule has 1 heterocycles. The van der Waals surface area contributed by atoms with Crippen LogP contribution in [0.25, 0.3) is 0 Å². The second kappa shape index (κ2) is 3.64. The Labute approximate surface area is 78.3 Å². The lowest BCUT2D eigenvalue weighted by Crippen LogP contribution is -2.22. The van der Waals surface area contributed by atoms with Gasteiger partial charge in [-0.15, -0.1) is 0 Å². The summed E-state index contributed by atoms with van der Waals surface area (Å²) in [4.78, 5) is 13.1. The Balaban J connectivity index is 3.01. The maximum Gasteiger partial charge on any atom is 0.289 e. The van der Waals surface area contributed by atoms with Crippen molar-refractivity contribution in [3.8, 4) is 0 Å². The van der Waals surface area contributed by atoms with Gasteiger partial charge in [0.2, 0.25) is 0 Å². The van der Waals surface area contributed by atoms with Crippen LogP contribution in [-0.2, 0) is 0 Å². The van der Waals surface area contributed by atoms with Crippen LogP contribution in [0.1, 0.15) is 35.9 Å². The summed E-state index contributed by atoms with van der Waals surface area (Å²) in [5.74, 6) is 0.700. The van der Waals surface area contributed by atoms with E-state index in [4.69, 9.17) is 4.42 Å². The Hall–Kier alpha value is -1.25. The third kappa shape index (κ3) is 1.91. The van der Waals surface area contributed by atoms with E-state index < -0.39 is 0 Å². The maximum absolute atomic E-state index is 11.6. The predicted octanol–water partition coefficient (Wildman–Crippen LogP) is 2.10. The number of rotatable bonds is 2. The molecule has 0 N–H and O–H groups in total. The Morgan fingerprint density at radius 1 is 1.46 bits per heavy atom. The SMILES string of the molecule is CC(C)c1ccoc1C(=O)N(C)C. The molecule has 13 heavy (non-hydrogen) atoms. The van der Waals surface area contributed by atoms with Crippen LogP contribution in [0, 0.1) is 0 Å². The fourth-order valence-corrected chi connectivity index (χ4v) is 1.15. The van der Waals surface area contributed by atoms with Crippen molar-refractivity contribution in [1.29, 1.82) is 0 Å². The lowest BCUT2D eigenvalue weighted by atomic mass is 10.0. The third-order valence-corrected chi connectivity index (χ3v) is 1.92. The topological polar surface area (TPSA) is 33.5 Å². The van der Waals surface area contributed by atoms with Gasteiger partial charge in [-0.25, -0.2) is 0 Å². The summed E-state index contributed by atoms with van der Waals surface area (Å²) in [6, 6.07) is 1.85. The number of hydrogen-bond acceptors (Lipinski definition) is 2. The zero-order valence-corrected chi connectivity index (χ0v) is 8.50. The summed E-state index contributed by atoms with van der Waals surface area (Å²) in [6.45, 7) is 4.08. The van der Waals surface area contributed by atoms with Gasteiger partial charge in [0.15, 0.2) is 5.76 Å². The fraction of sp³-hybridized carbons (Fsp3) is 0.500. The summed E-state index contributed by atoms with van der Waals surface area (Å²) >= 11 is 0. The van der Waals surface area contributed by atoms with Gasteiger partial charge in [0.1, 0.15) is 0 Å². The van der Waals surface area contributed by atoms with Crippen LogP contribution in [0.2, 0.25) is 0 Å². The van der Waals surface area contributed by atoms with Crippen LogP contribution in [0.3, 0.4) is 0 Å². The van der Waals surface area contributed by atoms with Crippen molar-refractivity contribution in [3.63, 3.8) is 0 Å². The van der Waals surface area contributed by atoms with Crippen molar-refractivity contribution < 1.29 is 9.21 Å². The molecule has 0 saturated heterocycles. The number of furan rings is 1. The second-order valence-electron chi connectivity index (χ2n) is 3.56.